The maximum Gasteiger partial charge on any atom is 0.334 e. The van der Waals surface area contributed by atoms with Gasteiger partial charge in [-0.25, -0.2) is 4.79 Å². The molecule has 0 aliphatic carbocycles. The third-order valence-electron chi connectivity index (χ3n) is 2.95. The summed E-state index contributed by atoms with van der Waals surface area (Å²) in [4.78, 5) is 11.4. The first-order valence-electron chi connectivity index (χ1n) is 5.64. The average molecular weight is 264 g/mol. The first kappa shape index (κ1) is 12.7. The van der Waals surface area contributed by atoms with E-state index in [1.54, 1.807) is 19.1 Å². The van der Waals surface area contributed by atoms with Gasteiger partial charge in [-0.3, -0.25) is 0 Å². The molecular weight excluding hydrogens is 250 g/mol. The topological polar surface area (TPSA) is 49.3 Å². The fourth-order valence-electron chi connectivity index (χ4n) is 2.23. The largest absolute Gasteiger partial charge is 0.478 e. The first-order valence-corrected chi connectivity index (χ1v) is 6.02. The van der Waals surface area contributed by atoms with Crippen molar-refractivity contribution in [2.45, 2.75) is 19.8 Å². The Morgan fingerprint density at radius 3 is 2.72 bits per heavy atom. The molecule has 1 aliphatic rings. The molecule has 0 saturated heterocycles. The third kappa shape index (κ3) is 2.41. The lowest BCUT2D eigenvalue weighted by molar-refractivity contribution is -0.133. The monoisotopic (exact) mass is 263 g/mol. The fourth-order valence-corrected chi connectivity index (χ4v) is 2.43. The molecule has 0 spiro atoms. The molecule has 1 aromatic rings. The fraction of sp³-hybridized carbons (Fsp3) is 0.214. The molecule has 18 heavy (non-hydrogen) atoms. The Balaban J connectivity index is 2.52. The van der Waals surface area contributed by atoms with Gasteiger partial charge in [0, 0.05) is 22.3 Å². The summed E-state index contributed by atoms with van der Waals surface area (Å²) >= 11 is 5.96. The maximum absolute atomic E-state index is 11.4. The van der Waals surface area contributed by atoms with Gasteiger partial charge in [-0.15, -0.1) is 0 Å². The summed E-state index contributed by atoms with van der Waals surface area (Å²) in [5.74, 6) is -1.17. The molecule has 4 heteroatoms. The number of nitrogens with one attached hydrogen (secondary N) is 1. The summed E-state index contributed by atoms with van der Waals surface area (Å²) in [6.45, 7) is 3.69. The van der Waals surface area contributed by atoms with Crippen LogP contribution in [-0.4, -0.2) is 11.1 Å². The van der Waals surface area contributed by atoms with Gasteiger partial charge in [0.15, 0.2) is 0 Å². The number of hydrogen-bond acceptors (Lipinski definition) is 2. The number of hydrogen-bond donors (Lipinski definition) is 2. The Kier molecular flexibility index (Phi) is 3.43. The van der Waals surface area contributed by atoms with Gasteiger partial charge in [0.1, 0.15) is 0 Å². The van der Waals surface area contributed by atoms with Gasteiger partial charge >= 0.3 is 5.97 Å². The number of dihydropyridines is 1. The summed E-state index contributed by atoms with van der Waals surface area (Å²) in [7, 11) is 0. The summed E-state index contributed by atoms with van der Waals surface area (Å²) < 4.78 is 0. The SMILES string of the molecule is CC1=CC(c2cccc(Cl)c2)C(C(=O)O)=C(C)N1. The van der Waals surface area contributed by atoms with E-state index in [9.17, 15) is 9.90 Å². The molecule has 0 saturated carbocycles. The van der Waals surface area contributed by atoms with Crippen molar-refractivity contribution in [2.75, 3.05) is 0 Å². The quantitative estimate of drug-likeness (QED) is 0.861. The van der Waals surface area contributed by atoms with Gasteiger partial charge in [-0.1, -0.05) is 29.8 Å². The van der Waals surface area contributed by atoms with Gasteiger partial charge in [0.05, 0.1) is 5.57 Å². The zero-order valence-electron chi connectivity index (χ0n) is 10.2. The van der Waals surface area contributed by atoms with Crippen LogP contribution in [0.15, 0.2) is 47.3 Å². The normalized spacial score (nSPS) is 19.3. The Labute approximate surface area is 111 Å². The molecule has 2 N–H and O–H groups in total. The molecule has 3 nitrogen and oxygen atoms in total. The Morgan fingerprint density at radius 1 is 1.39 bits per heavy atom. The molecule has 0 radical (unpaired) electrons. The van der Waals surface area contributed by atoms with E-state index in [0.29, 0.717) is 16.3 Å². The predicted octanol–water partition coefficient (Wildman–Crippen LogP) is 3.29. The van der Waals surface area contributed by atoms with E-state index in [-0.39, 0.29) is 5.92 Å². The van der Waals surface area contributed by atoms with Crippen LogP contribution in [0.2, 0.25) is 5.02 Å². The number of carboxylic acids is 1. The van der Waals surface area contributed by atoms with E-state index in [1.807, 2.05) is 25.1 Å². The minimum absolute atomic E-state index is 0.262. The van der Waals surface area contributed by atoms with Gasteiger partial charge in [-0.2, -0.15) is 0 Å². The smallest absolute Gasteiger partial charge is 0.334 e. The van der Waals surface area contributed by atoms with Crippen LogP contribution in [0.5, 0.6) is 0 Å². The van der Waals surface area contributed by atoms with Crippen LogP contribution in [0, 0.1) is 0 Å². The lowest BCUT2D eigenvalue weighted by atomic mass is 9.87. The highest BCUT2D eigenvalue weighted by atomic mass is 35.5. The number of allylic oxidation sites excluding steroid dienone is 3. The van der Waals surface area contributed by atoms with Crippen LogP contribution < -0.4 is 5.32 Å². The minimum atomic E-state index is -0.909. The number of carbonyl (C=O) groups is 1. The van der Waals surface area contributed by atoms with Gasteiger partial charge in [-0.05, 0) is 31.5 Å². The molecule has 0 amide bonds. The highest BCUT2D eigenvalue weighted by Gasteiger charge is 2.26. The lowest BCUT2D eigenvalue weighted by Crippen LogP contribution is -2.24. The molecule has 94 valence electrons. The number of halogens is 1. The standard InChI is InChI=1S/C14H14ClNO2/c1-8-6-12(10-4-3-5-11(15)7-10)13(14(17)18)9(2)16-8/h3-7,12,16H,1-2H3,(H,17,18). The van der Waals surface area contributed by atoms with Gasteiger partial charge in [0.25, 0.3) is 0 Å². The zero-order chi connectivity index (χ0) is 13.3. The first-order chi connectivity index (χ1) is 8.49. The second kappa shape index (κ2) is 4.86. The van der Waals surface area contributed by atoms with Crippen molar-refractivity contribution in [1.29, 1.82) is 0 Å². The lowest BCUT2D eigenvalue weighted by Gasteiger charge is -2.24. The highest BCUT2D eigenvalue weighted by Crippen LogP contribution is 2.33. The van der Waals surface area contributed by atoms with Crippen molar-refractivity contribution in [2.24, 2.45) is 0 Å². The number of benzene rings is 1. The van der Waals surface area contributed by atoms with Crippen molar-refractivity contribution < 1.29 is 9.90 Å². The Hall–Kier alpha value is -1.74. The van der Waals surface area contributed by atoms with Crippen molar-refractivity contribution >= 4 is 17.6 Å². The van der Waals surface area contributed by atoms with Crippen molar-refractivity contribution in [3.8, 4) is 0 Å². The summed E-state index contributed by atoms with van der Waals surface area (Å²) in [5.41, 5.74) is 2.87. The summed E-state index contributed by atoms with van der Waals surface area (Å²) in [6, 6.07) is 7.30. The second-order valence-electron chi connectivity index (χ2n) is 4.35. The molecule has 1 unspecified atom stereocenters. The number of aliphatic carboxylic acids is 1. The second-order valence-corrected chi connectivity index (χ2v) is 4.79. The van der Waals surface area contributed by atoms with Gasteiger partial charge in [0.2, 0.25) is 0 Å². The molecule has 2 rings (SSSR count). The molecule has 1 aromatic carbocycles. The minimum Gasteiger partial charge on any atom is -0.478 e. The average Bonchev–Trinajstić information content (AvgIpc) is 2.27. The van der Waals surface area contributed by atoms with Crippen LogP contribution in [0.1, 0.15) is 25.3 Å². The van der Waals surface area contributed by atoms with E-state index in [2.05, 4.69) is 5.32 Å². The number of rotatable bonds is 2. The summed E-state index contributed by atoms with van der Waals surface area (Å²) in [5, 5.41) is 13.0. The number of carboxylic acid groups (broad SMARTS) is 1. The van der Waals surface area contributed by atoms with Crippen LogP contribution >= 0.6 is 11.6 Å². The van der Waals surface area contributed by atoms with E-state index in [0.717, 1.165) is 11.3 Å². The van der Waals surface area contributed by atoms with E-state index in [1.165, 1.54) is 0 Å². The van der Waals surface area contributed by atoms with Gasteiger partial charge < -0.3 is 10.4 Å². The van der Waals surface area contributed by atoms with Crippen LogP contribution in [0.4, 0.5) is 0 Å². The maximum atomic E-state index is 11.4. The van der Waals surface area contributed by atoms with Crippen LogP contribution in [-0.2, 0) is 4.79 Å². The molecule has 1 atom stereocenters. The molecule has 0 fully saturated rings. The molecular formula is C14H14ClNO2. The summed E-state index contributed by atoms with van der Waals surface area (Å²) in [6.07, 6.45) is 1.90. The molecule has 1 aliphatic heterocycles. The zero-order valence-corrected chi connectivity index (χ0v) is 11.0. The van der Waals surface area contributed by atoms with E-state index < -0.39 is 5.97 Å². The van der Waals surface area contributed by atoms with Crippen molar-refractivity contribution in [1.82, 2.24) is 5.32 Å². The Bertz CT molecular complexity index is 561. The third-order valence-corrected chi connectivity index (χ3v) is 3.19. The van der Waals surface area contributed by atoms with Crippen LogP contribution in [0.25, 0.3) is 0 Å². The van der Waals surface area contributed by atoms with E-state index >= 15 is 0 Å². The highest BCUT2D eigenvalue weighted by molar-refractivity contribution is 6.30. The van der Waals surface area contributed by atoms with Crippen molar-refractivity contribution in [3.63, 3.8) is 0 Å². The Morgan fingerprint density at radius 2 is 2.11 bits per heavy atom. The van der Waals surface area contributed by atoms with Crippen molar-refractivity contribution in [3.05, 3.63) is 57.9 Å². The molecule has 0 bridgehead atoms. The molecule has 1 heterocycles. The predicted molar refractivity (Wildman–Crippen MR) is 71.4 cm³/mol. The van der Waals surface area contributed by atoms with E-state index in [4.69, 9.17) is 11.6 Å². The molecule has 0 aromatic heterocycles. The van der Waals surface area contributed by atoms with Crippen LogP contribution in [0.3, 0.4) is 0 Å².